The number of hydrogen-bond donors (Lipinski definition) is 1. The van der Waals surface area contributed by atoms with Crippen LogP contribution in [-0.2, 0) is 13.6 Å². The van der Waals surface area contributed by atoms with Crippen LogP contribution in [0.25, 0.3) is 0 Å². The molecule has 2 aromatic rings. The number of nitrogens with one attached hydrogen (secondary N) is 1. The van der Waals surface area contributed by atoms with E-state index in [2.05, 4.69) is 5.32 Å². The van der Waals surface area contributed by atoms with E-state index >= 15 is 0 Å². The van der Waals surface area contributed by atoms with Crippen molar-refractivity contribution >= 4 is 13.3 Å². The van der Waals surface area contributed by atoms with E-state index in [-0.39, 0.29) is 0 Å². The van der Waals surface area contributed by atoms with Gasteiger partial charge in [-0.25, -0.2) is 0 Å². The summed E-state index contributed by atoms with van der Waals surface area (Å²) in [5, 5.41) is 3.33. The summed E-state index contributed by atoms with van der Waals surface area (Å²) >= 11 is 0. The van der Waals surface area contributed by atoms with Crippen molar-refractivity contribution in [2.24, 2.45) is 0 Å². The Morgan fingerprint density at radius 1 is 1.00 bits per heavy atom. The van der Waals surface area contributed by atoms with Crippen molar-refractivity contribution in [3.05, 3.63) is 65.7 Å². The van der Waals surface area contributed by atoms with Gasteiger partial charge in [0.05, 0.1) is 13.2 Å². The molecule has 0 amide bonds. The van der Waals surface area contributed by atoms with Crippen molar-refractivity contribution in [2.45, 2.75) is 26.6 Å². The highest BCUT2D eigenvalue weighted by atomic mass is 31.2. The van der Waals surface area contributed by atoms with Crippen LogP contribution in [0.15, 0.2) is 54.6 Å². The predicted molar refractivity (Wildman–Crippen MR) is 94.8 cm³/mol. The molecule has 0 heterocycles. The lowest BCUT2D eigenvalue weighted by atomic mass is 10.2. The Hall–Kier alpha value is -1.61. The molecule has 0 aliphatic rings. The molecule has 0 aliphatic carbocycles. The zero-order chi connectivity index (χ0) is 16.7. The SMILES string of the molecule is CCOP(=O)(OCC)C(Nc1cccc(C)c1)c1ccccc1. The van der Waals surface area contributed by atoms with Crippen LogP contribution >= 0.6 is 7.60 Å². The standard InChI is InChI=1S/C18H24NO3P/c1-4-21-23(20,22-5-2)18(16-11-7-6-8-12-16)19-17-13-9-10-15(3)14-17/h6-14,18-19H,4-5H2,1-3H3. The highest BCUT2D eigenvalue weighted by Gasteiger charge is 2.36. The van der Waals surface area contributed by atoms with Gasteiger partial charge in [-0.15, -0.1) is 0 Å². The Kier molecular flexibility index (Phi) is 6.40. The molecule has 0 radical (unpaired) electrons. The monoisotopic (exact) mass is 333 g/mol. The first-order chi connectivity index (χ1) is 11.1. The average Bonchev–Trinajstić information content (AvgIpc) is 2.54. The van der Waals surface area contributed by atoms with Crippen LogP contribution in [0.2, 0.25) is 0 Å². The zero-order valence-electron chi connectivity index (χ0n) is 13.9. The van der Waals surface area contributed by atoms with Crippen molar-refractivity contribution in [1.29, 1.82) is 0 Å². The van der Waals surface area contributed by atoms with Gasteiger partial charge in [0, 0.05) is 5.69 Å². The molecular formula is C18H24NO3P. The van der Waals surface area contributed by atoms with Gasteiger partial charge in [-0.2, -0.15) is 0 Å². The van der Waals surface area contributed by atoms with E-state index in [0.29, 0.717) is 13.2 Å². The van der Waals surface area contributed by atoms with Crippen molar-refractivity contribution in [1.82, 2.24) is 0 Å². The van der Waals surface area contributed by atoms with Gasteiger partial charge in [-0.3, -0.25) is 4.57 Å². The lowest BCUT2D eigenvalue weighted by Crippen LogP contribution is -2.15. The van der Waals surface area contributed by atoms with Gasteiger partial charge in [0.2, 0.25) is 0 Å². The maximum Gasteiger partial charge on any atom is 0.357 e. The minimum atomic E-state index is -3.34. The average molecular weight is 333 g/mol. The first kappa shape index (κ1) is 17.7. The molecule has 0 bridgehead atoms. The fourth-order valence-corrected chi connectivity index (χ4v) is 4.36. The van der Waals surface area contributed by atoms with Crippen LogP contribution in [0.1, 0.15) is 30.8 Å². The molecule has 124 valence electrons. The van der Waals surface area contributed by atoms with Gasteiger partial charge >= 0.3 is 7.60 Å². The van der Waals surface area contributed by atoms with Crippen molar-refractivity contribution in [3.8, 4) is 0 Å². The molecule has 0 fully saturated rings. The quantitative estimate of drug-likeness (QED) is 0.660. The molecule has 23 heavy (non-hydrogen) atoms. The fourth-order valence-electron chi connectivity index (χ4n) is 2.42. The number of hydrogen-bond acceptors (Lipinski definition) is 4. The summed E-state index contributed by atoms with van der Waals surface area (Å²) in [6.45, 7) is 6.32. The Balaban J connectivity index is 2.41. The van der Waals surface area contributed by atoms with Crippen molar-refractivity contribution < 1.29 is 13.6 Å². The number of anilines is 1. The first-order valence-electron chi connectivity index (χ1n) is 7.86. The highest BCUT2D eigenvalue weighted by molar-refractivity contribution is 7.54. The third kappa shape index (κ3) is 4.68. The van der Waals surface area contributed by atoms with Gasteiger partial charge in [-0.1, -0.05) is 42.5 Å². The van der Waals surface area contributed by atoms with Crippen LogP contribution in [0.4, 0.5) is 5.69 Å². The largest absolute Gasteiger partial charge is 0.368 e. The van der Waals surface area contributed by atoms with E-state index in [0.717, 1.165) is 16.8 Å². The van der Waals surface area contributed by atoms with E-state index < -0.39 is 13.4 Å². The number of aryl methyl sites for hydroxylation is 1. The summed E-state index contributed by atoms with van der Waals surface area (Å²) in [6, 6.07) is 17.6. The molecule has 4 nitrogen and oxygen atoms in total. The summed E-state index contributed by atoms with van der Waals surface area (Å²) in [4.78, 5) is 0. The van der Waals surface area contributed by atoms with E-state index in [1.165, 1.54) is 0 Å². The maximum absolute atomic E-state index is 13.3. The molecular weight excluding hydrogens is 309 g/mol. The second-order valence-corrected chi connectivity index (χ2v) is 7.31. The van der Waals surface area contributed by atoms with Gasteiger partial charge in [0.15, 0.2) is 5.78 Å². The van der Waals surface area contributed by atoms with E-state index in [9.17, 15) is 4.57 Å². The molecule has 1 N–H and O–H groups in total. The second-order valence-electron chi connectivity index (χ2n) is 5.20. The van der Waals surface area contributed by atoms with Crippen LogP contribution in [0.5, 0.6) is 0 Å². The molecule has 0 saturated heterocycles. The van der Waals surface area contributed by atoms with Crippen molar-refractivity contribution in [3.63, 3.8) is 0 Å². The predicted octanol–water partition coefficient (Wildman–Crippen LogP) is 5.37. The van der Waals surface area contributed by atoms with Gasteiger partial charge in [0.25, 0.3) is 0 Å². The molecule has 0 saturated carbocycles. The van der Waals surface area contributed by atoms with E-state index in [1.807, 2.05) is 75.4 Å². The van der Waals surface area contributed by atoms with Crippen molar-refractivity contribution in [2.75, 3.05) is 18.5 Å². The molecule has 0 spiro atoms. The molecule has 1 atom stereocenters. The van der Waals surface area contributed by atoms with Gasteiger partial charge in [-0.05, 0) is 44.0 Å². The van der Waals surface area contributed by atoms with Crippen LogP contribution in [0.3, 0.4) is 0 Å². The summed E-state index contributed by atoms with van der Waals surface area (Å²) in [7, 11) is -3.34. The van der Waals surface area contributed by atoms with Crippen LogP contribution in [-0.4, -0.2) is 13.2 Å². The molecule has 0 aromatic heterocycles. The summed E-state index contributed by atoms with van der Waals surface area (Å²) < 4.78 is 24.4. The summed E-state index contributed by atoms with van der Waals surface area (Å²) in [5.74, 6) is -0.551. The minimum Gasteiger partial charge on any atom is -0.368 e. The number of benzene rings is 2. The lowest BCUT2D eigenvalue weighted by molar-refractivity contribution is 0.214. The molecule has 2 aromatic carbocycles. The molecule has 1 unspecified atom stereocenters. The Morgan fingerprint density at radius 3 is 2.22 bits per heavy atom. The lowest BCUT2D eigenvalue weighted by Gasteiger charge is -2.28. The molecule has 2 rings (SSSR count). The third-order valence-corrected chi connectivity index (χ3v) is 5.67. The Bertz CT molecular complexity index is 650. The van der Waals surface area contributed by atoms with E-state index in [1.54, 1.807) is 0 Å². The smallest absolute Gasteiger partial charge is 0.357 e. The summed E-state index contributed by atoms with van der Waals surface area (Å²) in [6.07, 6.45) is 0. The van der Waals surface area contributed by atoms with Crippen LogP contribution in [0, 0.1) is 6.92 Å². The second kappa shape index (κ2) is 8.30. The minimum absolute atomic E-state index is 0.329. The normalized spacial score (nSPS) is 12.8. The van der Waals surface area contributed by atoms with Crippen LogP contribution < -0.4 is 5.32 Å². The van der Waals surface area contributed by atoms with E-state index in [4.69, 9.17) is 9.05 Å². The van der Waals surface area contributed by atoms with Gasteiger partial charge in [0.1, 0.15) is 0 Å². The Morgan fingerprint density at radius 2 is 1.65 bits per heavy atom. The molecule has 0 aliphatic heterocycles. The topological polar surface area (TPSA) is 47.6 Å². The highest BCUT2D eigenvalue weighted by Crippen LogP contribution is 2.60. The maximum atomic E-state index is 13.3. The number of rotatable bonds is 8. The first-order valence-corrected chi connectivity index (χ1v) is 9.47. The summed E-state index contributed by atoms with van der Waals surface area (Å²) in [5.41, 5.74) is 2.89. The fraction of sp³-hybridized carbons (Fsp3) is 0.333. The van der Waals surface area contributed by atoms with Gasteiger partial charge < -0.3 is 14.4 Å². The Labute approximate surface area is 138 Å². The third-order valence-electron chi connectivity index (χ3n) is 3.37. The zero-order valence-corrected chi connectivity index (χ0v) is 14.8. The molecule has 5 heteroatoms.